The van der Waals surface area contributed by atoms with Crippen LogP contribution in [0.5, 0.6) is 0 Å². The van der Waals surface area contributed by atoms with Gasteiger partial charge < -0.3 is 10.1 Å². The Morgan fingerprint density at radius 1 is 1.19 bits per heavy atom. The lowest BCUT2D eigenvalue weighted by molar-refractivity contribution is -0.0978. The van der Waals surface area contributed by atoms with Crippen LogP contribution in [0.25, 0.3) is 0 Å². The van der Waals surface area contributed by atoms with Crippen LogP contribution in [0, 0.1) is 0 Å². The van der Waals surface area contributed by atoms with Gasteiger partial charge in [0.25, 0.3) is 0 Å². The number of ether oxygens (including phenoxy) is 1. The molecule has 0 aliphatic heterocycles. The third-order valence-electron chi connectivity index (χ3n) is 4.95. The first-order chi connectivity index (χ1) is 9.91. The molecule has 1 aromatic carbocycles. The van der Waals surface area contributed by atoms with Gasteiger partial charge in [-0.15, -0.1) is 0 Å². The molecular formula is C19H31NO. The SMILES string of the molecule is CCNC(Cc1ccc(C(C)(C)C)cc1)C1(OC)CCC1. The summed E-state index contributed by atoms with van der Waals surface area (Å²) in [6, 6.07) is 9.54. The van der Waals surface area contributed by atoms with Crippen molar-refractivity contribution in [2.75, 3.05) is 13.7 Å². The predicted octanol–water partition coefficient (Wildman–Crippen LogP) is 4.07. The van der Waals surface area contributed by atoms with E-state index < -0.39 is 0 Å². The zero-order valence-corrected chi connectivity index (χ0v) is 14.3. The van der Waals surface area contributed by atoms with Gasteiger partial charge in [-0.3, -0.25) is 0 Å². The number of likely N-dealkylation sites (N-methyl/N-ethyl adjacent to an activating group) is 1. The van der Waals surface area contributed by atoms with Crippen molar-refractivity contribution in [1.82, 2.24) is 5.32 Å². The van der Waals surface area contributed by atoms with Crippen LogP contribution in [0.1, 0.15) is 58.1 Å². The summed E-state index contributed by atoms with van der Waals surface area (Å²) in [5.74, 6) is 0. The van der Waals surface area contributed by atoms with Crippen LogP contribution in [-0.2, 0) is 16.6 Å². The van der Waals surface area contributed by atoms with Gasteiger partial charge in [-0.25, -0.2) is 0 Å². The van der Waals surface area contributed by atoms with Gasteiger partial charge >= 0.3 is 0 Å². The van der Waals surface area contributed by atoms with E-state index in [1.807, 2.05) is 7.11 Å². The fourth-order valence-electron chi connectivity index (χ4n) is 3.29. The second kappa shape index (κ2) is 6.50. The smallest absolute Gasteiger partial charge is 0.0834 e. The summed E-state index contributed by atoms with van der Waals surface area (Å²) < 4.78 is 5.88. The molecule has 21 heavy (non-hydrogen) atoms. The number of hydrogen-bond donors (Lipinski definition) is 1. The van der Waals surface area contributed by atoms with E-state index in [-0.39, 0.29) is 11.0 Å². The Kier molecular flexibility index (Phi) is 5.11. The van der Waals surface area contributed by atoms with E-state index in [0.29, 0.717) is 6.04 Å². The molecule has 1 saturated carbocycles. The maximum absolute atomic E-state index is 5.88. The lowest BCUT2D eigenvalue weighted by Crippen LogP contribution is -2.57. The summed E-state index contributed by atoms with van der Waals surface area (Å²) in [7, 11) is 1.87. The molecule has 1 fully saturated rings. The van der Waals surface area contributed by atoms with Gasteiger partial charge in [0.1, 0.15) is 0 Å². The first-order valence-electron chi connectivity index (χ1n) is 8.29. The Morgan fingerprint density at radius 3 is 2.19 bits per heavy atom. The zero-order valence-electron chi connectivity index (χ0n) is 14.3. The van der Waals surface area contributed by atoms with E-state index >= 15 is 0 Å². The maximum Gasteiger partial charge on any atom is 0.0834 e. The molecule has 0 spiro atoms. The van der Waals surface area contributed by atoms with E-state index in [2.05, 4.69) is 57.3 Å². The van der Waals surface area contributed by atoms with Crippen LogP contribution in [-0.4, -0.2) is 25.3 Å². The highest BCUT2D eigenvalue weighted by molar-refractivity contribution is 5.28. The predicted molar refractivity (Wildman–Crippen MR) is 89.9 cm³/mol. The fourth-order valence-corrected chi connectivity index (χ4v) is 3.29. The van der Waals surface area contributed by atoms with Gasteiger partial charge in [0.05, 0.1) is 5.60 Å². The van der Waals surface area contributed by atoms with Crippen LogP contribution < -0.4 is 5.32 Å². The summed E-state index contributed by atoms with van der Waals surface area (Å²) in [4.78, 5) is 0. The van der Waals surface area contributed by atoms with Crippen LogP contribution in [0.15, 0.2) is 24.3 Å². The highest BCUT2D eigenvalue weighted by Crippen LogP contribution is 2.39. The molecule has 2 heteroatoms. The van der Waals surface area contributed by atoms with E-state index in [9.17, 15) is 0 Å². The summed E-state index contributed by atoms with van der Waals surface area (Å²) in [5.41, 5.74) is 3.08. The van der Waals surface area contributed by atoms with Crippen molar-refractivity contribution in [1.29, 1.82) is 0 Å². The number of benzene rings is 1. The zero-order chi connectivity index (χ0) is 15.5. The summed E-state index contributed by atoms with van der Waals surface area (Å²) in [6.07, 6.45) is 4.70. The van der Waals surface area contributed by atoms with Crippen molar-refractivity contribution in [2.24, 2.45) is 0 Å². The van der Waals surface area contributed by atoms with Crippen molar-refractivity contribution in [2.45, 2.75) is 70.4 Å². The largest absolute Gasteiger partial charge is 0.377 e. The first-order valence-corrected chi connectivity index (χ1v) is 8.29. The first kappa shape index (κ1) is 16.5. The highest BCUT2D eigenvalue weighted by atomic mass is 16.5. The molecule has 1 atom stereocenters. The van der Waals surface area contributed by atoms with Crippen molar-refractivity contribution >= 4 is 0 Å². The molecule has 1 aliphatic rings. The monoisotopic (exact) mass is 289 g/mol. The van der Waals surface area contributed by atoms with Gasteiger partial charge in [0.2, 0.25) is 0 Å². The second-order valence-electron chi connectivity index (χ2n) is 7.38. The maximum atomic E-state index is 5.88. The average molecular weight is 289 g/mol. The molecule has 1 aliphatic carbocycles. The van der Waals surface area contributed by atoms with E-state index in [4.69, 9.17) is 4.74 Å². The molecule has 118 valence electrons. The van der Waals surface area contributed by atoms with Crippen LogP contribution in [0.3, 0.4) is 0 Å². The van der Waals surface area contributed by atoms with Crippen molar-refractivity contribution in [3.63, 3.8) is 0 Å². The number of nitrogens with one attached hydrogen (secondary N) is 1. The third kappa shape index (κ3) is 3.67. The minimum absolute atomic E-state index is 0.0543. The molecule has 1 aromatic rings. The van der Waals surface area contributed by atoms with Gasteiger partial charge in [0.15, 0.2) is 0 Å². The van der Waals surface area contributed by atoms with E-state index in [0.717, 1.165) is 13.0 Å². The Morgan fingerprint density at radius 2 is 1.81 bits per heavy atom. The van der Waals surface area contributed by atoms with Crippen LogP contribution in [0.2, 0.25) is 0 Å². The highest BCUT2D eigenvalue weighted by Gasteiger charge is 2.43. The lowest BCUT2D eigenvalue weighted by Gasteiger charge is -2.47. The Balaban J connectivity index is 2.10. The normalized spacial score (nSPS) is 19.1. The molecule has 0 saturated heterocycles. The van der Waals surface area contributed by atoms with Gasteiger partial charge in [-0.05, 0) is 48.8 Å². The minimum atomic E-state index is 0.0543. The Bertz CT molecular complexity index is 434. The van der Waals surface area contributed by atoms with Crippen LogP contribution >= 0.6 is 0 Å². The molecule has 0 aromatic heterocycles. The number of rotatable bonds is 6. The van der Waals surface area contributed by atoms with E-state index in [1.165, 1.54) is 30.4 Å². The quantitative estimate of drug-likeness (QED) is 0.852. The average Bonchev–Trinajstić information content (AvgIpc) is 2.38. The van der Waals surface area contributed by atoms with Crippen molar-refractivity contribution < 1.29 is 4.74 Å². The van der Waals surface area contributed by atoms with Gasteiger partial charge in [0, 0.05) is 13.2 Å². The summed E-state index contributed by atoms with van der Waals surface area (Å²) in [5, 5.41) is 3.64. The van der Waals surface area contributed by atoms with Crippen LogP contribution in [0.4, 0.5) is 0 Å². The third-order valence-corrected chi connectivity index (χ3v) is 4.95. The number of methoxy groups -OCH3 is 1. The molecule has 1 N–H and O–H groups in total. The Labute approximate surface area is 130 Å². The van der Waals surface area contributed by atoms with Crippen molar-refractivity contribution in [3.05, 3.63) is 35.4 Å². The number of hydrogen-bond acceptors (Lipinski definition) is 2. The summed E-state index contributed by atoms with van der Waals surface area (Å²) >= 11 is 0. The summed E-state index contributed by atoms with van der Waals surface area (Å²) in [6.45, 7) is 9.96. The second-order valence-corrected chi connectivity index (χ2v) is 7.38. The van der Waals surface area contributed by atoms with Gasteiger partial charge in [-0.2, -0.15) is 0 Å². The minimum Gasteiger partial charge on any atom is -0.377 e. The molecule has 2 rings (SSSR count). The molecule has 0 amide bonds. The molecular weight excluding hydrogens is 258 g/mol. The Hall–Kier alpha value is -0.860. The van der Waals surface area contributed by atoms with Crippen molar-refractivity contribution in [3.8, 4) is 0 Å². The molecule has 2 nitrogen and oxygen atoms in total. The topological polar surface area (TPSA) is 21.3 Å². The lowest BCUT2D eigenvalue weighted by atomic mass is 9.72. The molecule has 0 heterocycles. The molecule has 0 bridgehead atoms. The molecule has 0 radical (unpaired) electrons. The standard InChI is InChI=1S/C19H31NO/c1-6-20-17(19(21-5)12-7-13-19)14-15-8-10-16(11-9-15)18(2,3)4/h8-11,17,20H,6-7,12-14H2,1-5H3. The van der Waals surface area contributed by atoms with Gasteiger partial charge in [-0.1, -0.05) is 52.0 Å². The fraction of sp³-hybridized carbons (Fsp3) is 0.684. The molecule has 1 unspecified atom stereocenters. The van der Waals surface area contributed by atoms with E-state index in [1.54, 1.807) is 0 Å².